The number of aromatic nitrogens is 1. The van der Waals surface area contributed by atoms with Gasteiger partial charge in [0.25, 0.3) is 5.91 Å². The van der Waals surface area contributed by atoms with E-state index in [-0.39, 0.29) is 23.7 Å². The van der Waals surface area contributed by atoms with Crippen LogP contribution in [-0.2, 0) is 10.0 Å². The number of primary amides is 1. The van der Waals surface area contributed by atoms with E-state index in [4.69, 9.17) is 11.5 Å². The molecule has 106 valence electrons. The summed E-state index contributed by atoms with van der Waals surface area (Å²) >= 11 is 0. The van der Waals surface area contributed by atoms with Crippen molar-refractivity contribution in [1.29, 1.82) is 0 Å². The maximum absolute atomic E-state index is 11.4. The lowest BCUT2D eigenvalue weighted by Crippen LogP contribution is -2.29. The summed E-state index contributed by atoms with van der Waals surface area (Å²) < 4.78 is 25.2. The number of nitrogens with two attached hydrogens (primary N) is 2. The first kappa shape index (κ1) is 15.2. The Morgan fingerprint density at radius 2 is 2.16 bits per heavy atom. The minimum atomic E-state index is -3.32. The predicted octanol–water partition coefficient (Wildman–Crippen LogP) is -0.886. The molecule has 1 rings (SSSR count). The number of carbonyl (C=O) groups excluding carboxylic acids is 1. The number of nitrogen functional groups attached to an aromatic ring is 1. The van der Waals surface area contributed by atoms with Gasteiger partial charge >= 0.3 is 0 Å². The van der Waals surface area contributed by atoms with Crippen LogP contribution >= 0.6 is 0 Å². The molecule has 1 aromatic rings. The second-order valence-electron chi connectivity index (χ2n) is 3.77. The van der Waals surface area contributed by atoms with Gasteiger partial charge in [0.15, 0.2) is 0 Å². The number of hydrogen-bond acceptors (Lipinski definition) is 6. The zero-order valence-electron chi connectivity index (χ0n) is 10.5. The average molecular weight is 287 g/mol. The highest BCUT2D eigenvalue weighted by molar-refractivity contribution is 7.89. The summed E-state index contributed by atoms with van der Waals surface area (Å²) in [7, 11) is -3.32. The molecule has 0 radical (unpaired) electrons. The van der Waals surface area contributed by atoms with Gasteiger partial charge in [-0.1, -0.05) is 6.92 Å². The van der Waals surface area contributed by atoms with Gasteiger partial charge in [-0.2, -0.15) is 0 Å². The number of nitrogens with zero attached hydrogens (tertiary/aromatic N) is 1. The van der Waals surface area contributed by atoms with Crippen LogP contribution in [0.25, 0.3) is 0 Å². The number of amides is 1. The minimum Gasteiger partial charge on any atom is -0.397 e. The smallest absolute Gasteiger partial charge is 0.252 e. The molecule has 1 amide bonds. The lowest BCUT2D eigenvalue weighted by atomic mass is 10.2. The highest BCUT2D eigenvalue weighted by Gasteiger charge is 2.12. The Balaban J connectivity index is 2.71. The molecule has 0 aromatic carbocycles. The molecule has 0 fully saturated rings. The van der Waals surface area contributed by atoms with E-state index in [1.807, 2.05) is 0 Å². The number of carbonyl (C=O) groups is 1. The van der Waals surface area contributed by atoms with Gasteiger partial charge in [-0.05, 0) is 6.07 Å². The normalized spacial score (nSPS) is 11.2. The molecule has 8 nitrogen and oxygen atoms in total. The fraction of sp³-hybridized carbons (Fsp3) is 0.400. The molecule has 1 aromatic heterocycles. The van der Waals surface area contributed by atoms with Crippen molar-refractivity contribution in [2.24, 2.45) is 5.73 Å². The van der Waals surface area contributed by atoms with Gasteiger partial charge in [0.2, 0.25) is 10.0 Å². The monoisotopic (exact) mass is 287 g/mol. The molecule has 6 N–H and O–H groups in total. The molecule has 9 heteroatoms. The molecule has 0 spiro atoms. The molecule has 0 saturated carbocycles. The van der Waals surface area contributed by atoms with Crippen LogP contribution in [-0.4, -0.2) is 38.2 Å². The highest BCUT2D eigenvalue weighted by Crippen LogP contribution is 2.14. The topological polar surface area (TPSA) is 140 Å². The molecule has 0 bridgehead atoms. The third kappa shape index (κ3) is 4.72. The van der Waals surface area contributed by atoms with Gasteiger partial charge in [-0.3, -0.25) is 4.79 Å². The third-order valence-electron chi connectivity index (χ3n) is 2.20. The van der Waals surface area contributed by atoms with E-state index in [0.29, 0.717) is 12.2 Å². The predicted molar refractivity (Wildman–Crippen MR) is 73.1 cm³/mol. The molecule has 1 heterocycles. The van der Waals surface area contributed by atoms with E-state index in [1.54, 1.807) is 6.92 Å². The second-order valence-corrected chi connectivity index (χ2v) is 5.70. The molecular weight excluding hydrogens is 270 g/mol. The first-order chi connectivity index (χ1) is 8.85. The van der Waals surface area contributed by atoms with Crippen LogP contribution in [0.2, 0.25) is 0 Å². The number of hydrogen-bond donors (Lipinski definition) is 4. The zero-order chi connectivity index (χ0) is 14.5. The first-order valence-electron chi connectivity index (χ1n) is 5.62. The average Bonchev–Trinajstić information content (AvgIpc) is 2.30. The van der Waals surface area contributed by atoms with Crippen molar-refractivity contribution >= 4 is 27.4 Å². The van der Waals surface area contributed by atoms with Gasteiger partial charge in [0, 0.05) is 13.1 Å². The SMILES string of the molecule is CCNS(=O)(=O)CCNc1ncc(N)cc1C(N)=O. The molecule has 0 atom stereocenters. The summed E-state index contributed by atoms with van der Waals surface area (Å²) in [6.45, 7) is 2.12. The fourth-order valence-corrected chi connectivity index (χ4v) is 2.36. The summed E-state index contributed by atoms with van der Waals surface area (Å²) in [4.78, 5) is 15.1. The number of pyridine rings is 1. The van der Waals surface area contributed by atoms with Crippen LogP contribution in [0.15, 0.2) is 12.3 Å². The van der Waals surface area contributed by atoms with E-state index in [9.17, 15) is 13.2 Å². The van der Waals surface area contributed by atoms with Crippen molar-refractivity contribution in [3.63, 3.8) is 0 Å². The molecule has 19 heavy (non-hydrogen) atoms. The summed E-state index contributed by atoms with van der Waals surface area (Å²) in [6.07, 6.45) is 1.35. The molecule has 0 aliphatic rings. The number of sulfonamides is 1. The van der Waals surface area contributed by atoms with Crippen molar-refractivity contribution in [3.05, 3.63) is 17.8 Å². The Labute approximate surface area is 111 Å². The summed E-state index contributed by atoms with van der Waals surface area (Å²) in [6, 6.07) is 1.39. The van der Waals surface area contributed by atoms with Crippen LogP contribution in [0.4, 0.5) is 11.5 Å². The Morgan fingerprint density at radius 3 is 2.74 bits per heavy atom. The quantitative estimate of drug-likeness (QED) is 0.513. The van der Waals surface area contributed by atoms with Gasteiger partial charge in [-0.15, -0.1) is 0 Å². The van der Waals surface area contributed by atoms with Crippen LogP contribution in [0.5, 0.6) is 0 Å². The second kappa shape index (κ2) is 6.34. The molecule has 0 unspecified atom stereocenters. The van der Waals surface area contributed by atoms with E-state index in [2.05, 4.69) is 15.0 Å². The van der Waals surface area contributed by atoms with E-state index in [1.165, 1.54) is 12.3 Å². The summed E-state index contributed by atoms with van der Waals surface area (Å²) in [5.41, 5.74) is 11.1. The summed E-state index contributed by atoms with van der Waals surface area (Å²) in [5.74, 6) is -0.601. The Bertz CT molecular complexity index is 558. The summed E-state index contributed by atoms with van der Waals surface area (Å²) in [5, 5.41) is 2.75. The molecule has 0 aliphatic heterocycles. The van der Waals surface area contributed by atoms with Gasteiger partial charge in [0.05, 0.1) is 23.2 Å². The van der Waals surface area contributed by atoms with Crippen molar-refractivity contribution in [3.8, 4) is 0 Å². The van der Waals surface area contributed by atoms with Crippen LogP contribution in [0, 0.1) is 0 Å². The van der Waals surface area contributed by atoms with E-state index in [0.717, 1.165) is 0 Å². The van der Waals surface area contributed by atoms with Gasteiger partial charge < -0.3 is 16.8 Å². The Kier molecular flexibility index (Phi) is 5.07. The number of nitrogens with one attached hydrogen (secondary N) is 2. The lowest BCUT2D eigenvalue weighted by molar-refractivity contribution is 0.100. The molecule has 0 aliphatic carbocycles. The van der Waals surface area contributed by atoms with E-state index >= 15 is 0 Å². The largest absolute Gasteiger partial charge is 0.397 e. The molecular formula is C10H17N5O3S. The van der Waals surface area contributed by atoms with Crippen LogP contribution < -0.4 is 21.5 Å². The maximum Gasteiger partial charge on any atom is 0.252 e. The van der Waals surface area contributed by atoms with Gasteiger partial charge in [0.1, 0.15) is 5.82 Å². The van der Waals surface area contributed by atoms with Crippen molar-refractivity contribution in [2.45, 2.75) is 6.92 Å². The number of anilines is 2. The van der Waals surface area contributed by atoms with Crippen LogP contribution in [0.3, 0.4) is 0 Å². The maximum atomic E-state index is 11.4. The molecule has 0 saturated heterocycles. The Hall–Kier alpha value is -1.87. The van der Waals surface area contributed by atoms with E-state index < -0.39 is 15.9 Å². The standard InChI is InChI=1S/C10H17N5O3S/c1-2-15-19(17,18)4-3-13-10-8(9(12)16)5-7(11)6-14-10/h5-6,15H,2-4,11H2,1H3,(H2,12,16)(H,13,14). The van der Waals surface area contributed by atoms with Crippen molar-refractivity contribution in [1.82, 2.24) is 9.71 Å². The third-order valence-corrected chi connectivity index (χ3v) is 3.67. The van der Waals surface area contributed by atoms with Gasteiger partial charge in [-0.25, -0.2) is 18.1 Å². The first-order valence-corrected chi connectivity index (χ1v) is 7.27. The van der Waals surface area contributed by atoms with Crippen molar-refractivity contribution in [2.75, 3.05) is 29.9 Å². The van der Waals surface area contributed by atoms with Crippen molar-refractivity contribution < 1.29 is 13.2 Å². The number of rotatable bonds is 7. The minimum absolute atomic E-state index is 0.104. The lowest BCUT2D eigenvalue weighted by Gasteiger charge is -2.10. The zero-order valence-corrected chi connectivity index (χ0v) is 11.3. The Morgan fingerprint density at radius 1 is 1.47 bits per heavy atom. The van der Waals surface area contributed by atoms with Crippen LogP contribution in [0.1, 0.15) is 17.3 Å². The fourth-order valence-electron chi connectivity index (χ4n) is 1.41. The highest BCUT2D eigenvalue weighted by atomic mass is 32.2.